The second-order valence-corrected chi connectivity index (χ2v) is 4.98. The maximum absolute atomic E-state index is 9.16. The largest absolute Gasteiger partial charge is 0.394 e. The zero-order chi connectivity index (χ0) is 9.90. The number of rotatable bonds is 5. The highest BCUT2D eigenvalue weighted by Gasteiger charge is 2.24. The van der Waals surface area contributed by atoms with E-state index in [2.05, 4.69) is 25.8 Å². The van der Waals surface area contributed by atoms with E-state index in [4.69, 9.17) is 5.11 Å². The van der Waals surface area contributed by atoms with Crippen molar-refractivity contribution in [2.75, 3.05) is 20.2 Å². The molecular formula is C11H23NO. The standard InChI is InChI=1S/C11H23NO/c1-11(2,9-13)12(3)8-7-10-5-4-6-10/h10,13H,4-9H2,1-3H3. The molecule has 1 saturated carbocycles. The van der Waals surface area contributed by atoms with E-state index in [1.807, 2.05) is 0 Å². The topological polar surface area (TPSA) is 23.5 Å². The van der Waals surface area contributed by atoms with Crippen LogP contribution in [0.3, 0.4) is 0 Å². The Morgan fingerprint density at radius 3 is 2.38 bits per heavy atom. The van der Waals surface area contributed by atoms with Crippen molar-refractivity contribution in [1.82, 2.24) is 4.90 Å². The van der Waals surface area contributed by atoms with Gasteiger partial charge in [0.25, 0.3) is 0 Å². The minimum Gasteiger partial charge on any atom is -0.394 e. The highest BCUT2D eigenvalue weighted by Crippen LogP contribution is 2.29. The summed E-state index contributed by atoms with van der Waals surface area (Å²) >= 11 is 0. The predicted octanol–water partition coefficient (Wildman–Crippen LogP) is 1.88. The molecule has 1 aliphatic rings. The fourth-order valence-corrected chi connectivity index (χ4v) is 1.58. The lowest BCUT2D eigenvalue weighted by molar-refractivity contribution is 0.0703. The van der Waals surface area contributed by atoms with Gasteiger partial charge in [-0.15, -0.1) is 0 Å². The Bertz CT molecular complexity index is 152. The summed E-state index contributed by atoms with van der Waals surface area (Å²) in [6.45, 7) is 5.55. The molecule has 1 aliphatic carbocycles. The summed E-state index contributed by atoms with van der Waals surface area (Å²) in [6.07, 6.45) is 5.58. The Labute approximate surface area is 81.9 Å². The Morgan fingerprint density at radius 2 is 2.00 bits per heavy atom. The number of hydrogen-bond acceptors (Lipinski definition) is 2. The molecule has 0 bridgehead atoms. The molecule has 13 heavy (non-hydrogen) atoms. The average molecular weight is 185 g/mol. The number of hydrogen-bond donors (Lipinski definition) is 1. The third-order valence-corrected chi connectivity index (χ3v) is 3.52. The molecule has 0 saturated heterocycles. The van der Waals surface area contributed by atoms with Gasteiger partial charge in [-0.2, -0.15) is 0 Å². The molecule has 1 fully saturated rings. The summed E-state index contributed by atoms with van der Waals surface area (Å²) in [5.41, 5.74) is -0.0518. The lowest BCUT2D eigenvalue weighted by atomic mass is 9.83. The molecule has 78 valence electrons. The van der Waals surface area contributed by atoms with E-state index >= 15 is 0 Å². The zero-order valence-corrected chi connectivity index (χ0v) is 9.21. The van der Waals surface area contributed by atoms with Crippen molar-refractivity contribution in [3.8, 4) is 0 Å². The Balaban J connectivity index is 2.19. The smallest absolute Gasteiger partial charge is 0.0609 e. The molecule has 0 unspecified atom stereocenters. The van der Waals surface area contributed by atoms with Gasteiger partial charge >= 0.3 is 0 Å². The predicted molar refractivity (Wildman–Crippen MR) is 55.8 cm³/mol. The third-order valence-electron chi connectivity index (χ3n) is 3.52. The number of likely N-dealkylation sites (N-methyl/N-ethyl adjacent to an activating group) is 1. The van der Waals surface area contributed by atoms with Gasteiger partial charge in [0.2, 0.25) is 0 Å². The molecule has 0 heterocycles. The van der Waals surface area contributed by atoms with Crippen LogP contribution in [-0.4, -0.2) is 35.7 Å². The van der Waals surface area contributed by atoms with Gasteiger partial charge in [-0.05, 0) is 39.8 Å². The van der Waals surface area contributed by atoms with Crippen LogP contribution in [-0.2, 0) is 0 Å². The molecule has 2 heteroatoms. The molecule has 1 rings (SSSR count). The minimum absolute atomic E-state index is 0.0518. The van der Waals surface area contributed by atoms with Gasteiger partial charge in [0, 0.05) is 5.54 Å². The monoisotopic (exact) mass is 185 g/mol. The van der Waals surface area contributed by atoms with Gasteiger partial charge in [-0.25, -0.2) is 0 Å². The van der Waals surface area contributed by atoms with Crippen molar-refractivity contribution in [3.63, 3.8) is 0 Å². The van der Waals surface area contributed by atoms with Crippen molar-refractivity contribution >= 4 is 0 Å². The van der Waals surface area contributed by atoms with Gasteiger partial charge in [-0.1, -0.05) is 19.3 Å². The molecule has 1 N–H and O–H groups in total. The Hall–Kier alpha value is -0.0800. The molecule has 0 radical (unpaired) electrons. The highest BCUT2D eigenvalue weighted by atomic mass is 16.3. The maximum atomic E-state index is 9.16. The molecule has 0 aromatic heterocycles. The van der Waals surface area contributed by atoms with Gasteiger partial charge in [0.15, 0.2) is 0 Å². The summed E-state index contributed by atoms with van der Waals surface area (Å²) in [5, 5.41) is 9.16. The van der Waals surface area contributed by atoms with E-state index in [0.29, 0.717) is 0 Å². The molecule has 0 amide bonds. The van der Waals surface area contributed by atoms with Crippen LogP contribution in [0.1, 0.15) is 39.5 Å². The van der Waals surface area contributed by atoms with Crippen molar-refractivity contribution in [2.24, 2.45) is 5.92 Å². The molecule has 0 spiro atoms. The van der Waals surface area contributed by atoms with E-state index in [9.17, 15) is 0 Å². The first kappa shape index (κ1) is 11.0. The fraction of sp³-hybridized carbons (Fsp3) is 1.00. The number of nitrogens with zero attached hydrogens (tertiary/aromatic N) is 1. The van der Waals surface area contributed by atoms with Gasteiger partial charge in [-0.3, -0.25) is 4.90 Å². The quantitative estimate of drug-likeness (QED) is 0.707. The van der Waals surface area contributed by atoms with Crippen LogP contribution in [0, 0.1) is 5.92 Å². The minimum atomic E-state index is -0.0518. The Morgan fingerprint density at radius 1 is 1.38 bits per heavy atom. The van der Waals surface area contributed by atoms with Crippen LogP contribution in [0.15, 0.2) is 0 Å². The van der Waals surface area contributed by atoms with Crippen molar-refractivity contribution in [1.29, 1.82) is 0 Å². The number of aliphatic hydroxyl groups is 1. The van der Waals surface area contributed by atoms with Crippen LogP contribution in [0.2, 0.25) is 0 Å². The molecule has 0 aliphatic heterocycles. The van der Waals surface area contributed by atoms with Gasteiger partial charge in [0.05, 0.1) is 6.61 Å². The van der Waals surface area contributed by atoms with Gasteiger partial charge < -0.3 is 5.11 Å². The second-order valence-electron chi connectivity index (χ2n) is 4.98. The van der Waals surface area contributed by atoms with Gasteiger partial charge in [0.1, 0.15) is 0 Å². The normalized spacial score (nSPS) is 19.2. The summed E-state index contributed by atoms with van der Waals surface area (Å²) in [4.78, 5) is 2.27. The highest BCUT2D eigenvalue weighted by molar-refractivity contribution is 4.79. The summed E-state index contributed by atoms with van der Waals surface area (Å²) in [7, 11) is 2.11. The lowest BCUT2D eigenvalue weighted by Crippen LogP contribution is -2.45. The number of aliphatic hydroxyl groups excluding tert-OH is 1. The first-order valence-corrected chi connectivity index (χ1v) is 5.38. The fourth-order valence-electron chi connectivity index (χ4n) is 1.58. The van der Waals surface area contributed by atoms with Crippen LogP contribution < -0.4 is 0 Å². The zero-order valence-electron chi connectivity index (χ0n) is 9.21. The molecule has 0 aromatic rings. The molecule has 0 atom stereocenters. The first-order chi connectivity index (χ1) is 6.06. The van der Waals surface area contributed by atoms with Crippen molar-refractivity contribution in [3.05, 3.63) is 0 Å². The summed E-state index contributed by atoms with van der Waals surface area (Å²) in [6, 6.07) is 0. The second kappa shape index (κ2) is 4.43. The van der Waals surface area contributed by atoms with E-state index in [1.165, 1.54) is 25.7 Å². The van der Waals surface area contributed by atoms with Crippen LogP contribution >= 0.6 is 0 Å². The van der Waals surface area contributed by atoms with Crippen LogP contribution in [0.25, 0.3) is 0 Å². The summed E-state index contributed by atoms with van der Waals surface area (Å²) in [5.74, 6) is 0.969. The maximum Gasteiger partial charge on any atom is 0.0609 e. The van der Waals surface area contributed by atoms with Crippen LogP contribution in [0.4, 0.5) is 0 Å². The summed E-state index contributed by atoms with van der Waals surface area (Å²) < 4.78 is 0. The molecule has 0 aromatic carbocycles. The third kappa shape index (κ3) is 2.96. The molecule has 2 nitrogen and oxygen atoms in total. The first-order valence-electron chi connectivity index (χ1n) is 5.38. The Kier molecular flexibility index (Phi) is 3.74. The van der Waals surface area contributed by atoms with Crippen molar-refractivity contribution < 1.29 is 5.11 Å². The van der Waals surface area contributed by atoms with Crippen LogP contribution in [0.5, 0.6) is 0 Å². The van der Waals surface area contributed by atoms with E-state index in [-0.39, 0.29) is 12.1 Å². The van der Waals surface area contributed by atoms with E-state index in [0.717, 1.165) is 12.5 Å². The van der Waals surface area contributed by atoms with E-state index in [1.54, 1.807) is 0 Å². The SMILES string of the molecule is CN(CCC1CCC1)C(C)(C)CO. The molecular weight excluding hydrogens is 162 g/mol. The average Bonchev–Trinajstić information content (AvgIpc) is 2.01. The van der Waals surface area contributed by atoms with E-state index < -0.39 is 0 Å². The lowest BCUT2D eigenvalue weighted by Gasteiger charge is -2.36. The van der Waals surface area contributed by atoms with Crippen molar-refractivity contribution in [2.45, 2.75) is 45.1 Å².